The molecule has 1 amide bonds. The van der Waals surface area contributed by atoms with Gasteiger partial charge in [-0.05, 0) is 31.6 Å². The number of carbonyl (C=O) groups is 1. The number of piperidine rings is 1. The lowest BCUT2D eigenvalue weighted by Crippen LogP contribution is -2.46. The summed E-state index contributed by atoms with van der Waals surface area (Å²) in [6.07, 6.45) is 6.12. The van der Waals surface area contributed by atoms with Gasteiger partial charge in [0.25, 0.3) is 5.91 Å². The lowest BCUT2D eigenvalue weighted by molar-refractivity contribution is 0.0547. The van der Waals surface area contributed by atoms with Crippen LogP contribution >= 0.6 is 11.3 Å². The van der Waals surface area contributed by atoms with Crippen molar-refractivity contribution in [3.05, 3.63) is 5.01 Å². The van der Waals surface area contributed by atoms with Gasteiger partial charge >= 0.3 is 0 Å². The van der Waals surface area contributed by atoms with Crippen molar-refractivity contribution in [1.82, 2.24) is 15.1 Å². The minimum atomic E-state index is 0.0746. The average Bonchev–Trinajstić information content (AvgIpc) is 3.05. The van der Waals surface area contributed by atoms with E-state index in [-0.39, 0.29) is 5.91 Å². The average molecular weight is 266 g/mol. The number of amides is 1. The number of hydrogen-bond donors (Lipinski definition) is 1. The van der Waals surface area contributed by atoms with Gasteiger partial charge in [0.1, 0.15) is 0 Å². The zero-order chi connectivity index (χ0) is 12.5. The van der Waals surface area contributed by atoms with Gasteiger partial charge in [0, 0.05) is 19.6 Å². The van der Waals surface area contributed by atoms with Crippen LogP contribution in [-0.2, 0) is 0 Å². The highest BCUT2D eigenvalue weighted by molar-refractivity contribution is 7.17. The van der Waals surface area contributed by atoms with Crippen molar-refractivity contribution in [1.29, 1.82) is 0 Å². The smallest absolute Gasteiger partial charge is 0.285 e. The lowest BCUT2D eigenvalue weighted by atomic mass is 9.92. The van der Waals surface area contributed by atoms with Crippen molar-refractivity contribution in [3.63, 3.8) is 0 Å². The summed E-state index contributed by atoms with van der Waals surface area (Å²) in [5.74, 6) is 0.796. The van der Waals surface area contributed by atoms with Crippen molar-refractivity contribution >= 4 is 22.4 Å². The summed E-state index contributed by atoms with van der Waals surface area (Å²) in [5.41, 5.74) is 0. The third-order valence-corrected chi connectivity index (χ3v) is 5.00. The van der Waals surface area contributed by atoms with Gasteiger partial charge in [-0.15, -0.1) is 10.2 Å². The van der Waals surface area contributed by atoms with E-state index in [9.17, 15) is 4.79 Å². The molecule has 1 aromatic rings. The van der Waals surface area contributed by atoms with E-state index in [2.05, 4.69) is 15.5 Å². The van der Waals surface area contributed by atoms with Crippen molar-refractivity contribution < 1.29 is 4.79 Å². The van der Waals surface area contributed by atoms with Crippen molar-refractivity contribution in [3.8, 4) is 0 Å². The van der Waals surface area contributed by atoms with E-state index in [1.165, 1.54) is 30.6 Å². The summed E-state index contributed by atoms with van der Waals surface area (Å²) >= 11 is 1.34. The zero-order valence-corrected chi connectivity index (χ0v) is 11.4. The van der Waals surface area contributed by atoms with Crippen LogP contribution in [0.15, 0.2) is 0 Å². The topological polar surface area (TPSA) is 58.1 Å². The van der Waals surface area contributed by atoms with E-state index in [4.69, 9.17) is 0 Å². The number of hydrogen-bond acceptors (Lipinski definition) is 5. The number of nitrogens with zero attached hydrogens (tertiary/aromatic N) is 3. The molecule has 0 spiro atoms. The van der Waals surface area contributed by atoms with Gasteiger partial charge in [-0.3, -0.25) is 4.79 Å². The van der Waals surface area contributed by atoms with Gasteiger partial charge in [-0.1, -0.05) is 17.8 Å². The number of nitrogens with one attached hydrogen (secondary N) is 1. The second-order valence-corrected chi connectivity index (χ2v) is 6.04. The molecule has 2 atom stereocenters. The highest BCUT2D eigenvalue weighted by Crippen LogP contribution is 2.37. The second-order valence-electron chi connectivity index (χ2n) is 5.06. The monoisotopic (exact) mass is 266 g/mol. The van der Waals surface area contributed by atoms with E-state index >= 15 is 0 Å². The molecule has 2 unspecified atom stereocenters. The van der Waals surface area contributed by atoms with E-state index in [0.29, 0.717) is 16.2 Å². The van der Waals surface area contributed by atoms with Crippen LogP contribution in [0.3, 0.4) is 0 Å². The molecule has 6 heteroatoms. The van der Waals surface area contributed by atoms with Crippen LogP contribution in [0.1, 0.15) is 41.9 Å². The van der Waals surface area contributed by atoms with Gasteiger partial charge in [0.05, 0.1) is 0 Å². The Morgan fingerprint density at radius 2 is 2.17 bits per heavy atom. The maximum Gasteiger partial charge on any atom is 0.285 e. The van der Waals surface area contributed by atoms with Crippen LogP contribution in [0.5, 0.6) is 0 Å². The third-order valence-electron chi connectivity index (χ3n) is 4.08. The molecule has 1 saturated carbocycles. The number of likely N-dealkylation sites (tertiary alicyclic amines) is 1. The minimum absolute atomic E-state index is 0.0746. The molecule has 2 heterocycles. The fourth-order valence-corrected chi connectivity index (χ4v) is 3.89. The molecule has 3 rings (SSSR count). The molecule has 2 aliphatic rings. The Morgan fingerprint density at radius 1 is 1.33 bits per heavy atom. The van der Waals surface area contributed by atoms with Crippen LogP contribution in [0.2, 0.25) is 0 Å². The first-order chi connectivity index (χ1) is 8.79. The first-order valence-corrected chi connectivity index (χ1v) is 7.43. The molecule has 1 aliphatic carbocycles. The molecule has 0 aromatic carbocycles. The zero-order valence-electron chi connectivity index (χ0n) is 10.6. The van der Waals surface area contributed by atoms with E-state index < -0.39 is 0 Å². The fraction of sp³-hybridized carbons (Fsp3) is 0.750. The minimum Gasteiger partial charge on any atom is -0.363 e. The van der Waals surface area contributed by atoms with Crippen LogP contribution in [0, 0.1) is 5.92 Å². The van der Waals surface area contributed by atoms with E-state index in [1.54, 1.807) is 7.05 Å². The molecular weight excluding hydrogens is 248 g/mol. The van der Waals surface area contributed by atoms with Gasteiger partial charge in [-0.25, -0.2) is 0 Å². The van der Waals surface area contributed by atoms with Crippen LogP contribution in [0.25, 0.3) is 0 Å². The Hall–Kier alpha value is -1.17. The number of fused-ring (bicyclic) bond motifs is 1. The standard InChI is InChI=1S/C12H18N4OS/c1-13-12-15-14-10(18-12)11(17)16-7-3-5-8-4-2-6-9(8)16/h8-9H,2-7H2,1H3,(H,13,15). The Bertz CT molecular complexity index is 447. The molecule has 5 nitrogen and oxygen atoms in total. The maximum absolute atomic E-state index is 12.5. The van der Waals surface area contributed by atoms with E-state index in [1.807, 2.05) is 4.90 Å². The second kappa shape index (κ2) is 4.84. The summed E-state index contributed by atoms with van der Waals surface area (Å²) in [5, 5.41) is 12.1. The quantitative estimate of drug-likeness (QED) is 0.889. The normalized spacial score (nSPS) is 27.1. The summed E-state index contributed by atoms with van der Waals surface area (Å²) < 4.78 is 0. The van der Waals surface area contributed by atoms with Gasteiger partial charge in [-0.2, -0.15) is 0 Å². The molecule has 98 valence electrons. The third kappa shape index (κ3) is 1.98. The lowest BCUT2D eigenvalue weighted by Gasteiger charge is -2.37. The first kappa shape index (κ1) is 11.9. The molecule has 0 bridgehead atoms. The number of carbonyl (C=O) groups excluding carboxylic acids is 1. The number of anilines is 1. The van der Waals surface area contributed by atoms with Crippen LogP contribution in [-0.4, -0.2) is 40.6 Å². The number of rotatable bonds is 2. The Morgan fingerprint density at radius 3 is 2.94 bits per heavy atom. The summed E-state index contributed by atoms with van der Waals surface area (Å²) in [4.78, 5) is 14.5. The maximum atomic E-state index is 12.5. The molecule has 2 fully saturated rings. The summed E-state index contributed by atoms with van der Waals surface area (Å²) in [6, 6.07) is 0.452. The Balaban J connectivity index is 1.78. The van der Waals surface area contributed by atoms with Crippen molar-refractivity contribution in [2.24, 2.45) is 5.92 Å². The highest BCUT2D eigenvalue weighted by atomic mass is 32.1. The van der Waals surface area contributed by atoms with Gasteiger partial charge in [0.2, 0.25) is 10.1 Å². The highest BCUT2D eigenvalue weighted by Gasteiger charge is 2.38. The SMILES string of the molecule is CNc1nnc(C(=O)N2CCCC3CCCC32)s1. The molecule has 18 heavy (non-hydrogen) atoms. The van der Waals surface area contributed by atoms with Crippen molar-refractivity contribution in [2.75, 3.05) is 18.9 Å². The molecule has 1 N–H and O–H groups in total. The Kier molecular flexibility index (Phi) is 3.20. The van der Waals surface area contributed by atoms with E-state index in [0.717, 1.165) is 25.3 Å². The van der Waals surface area contributed by atoms with Gasteiger partial charge in [0.15, 0.2) is 0 Å². The predicted molar refractivity (Wildman–Crippen MR) is 70.9 cm³/mol. The fourth-order valence-electron chi connectivity index (χ4n) is 3.24. The van der Waals surface area contributed by atoms with Gasteiger partial charge < -0.3 is 10.2 Å². The molecule has 1 aromatic heterocycles. The predicted octanol–water partition coefficient (Wildman–Crippen LogP) is 1.98. The largest absolute Gasteiger partial charge is 0.363 e. The molecular formula is C12H18N4OS. The van der Waals surface area contributed by atoms with Crippen LogP contribution < -0.4 is 5.32 Å². The van der Waals surface area contributed by atoms with Crippen LogP contribution in [0.4, 0.5) is 5.13 Å². The summed E-state index contributed by atoms with van der Waals surface area (Å²) in [7, 11) is 1.79. The Labute approximate surface area is 111 Å². The summed E-state index contributed by atoms with van der Waals surface area (Å²) in [6.45, 7) is 0.883. The molecule has 0 radical (unpaired) electrons. The molecule has 1 saturated heterocycles. The molecule has 1 aliphatic heterocycles. The van der Waals surface area contributed by atoms with Crippen molar-refractivity contribution in [2.45, 2.75) is 38.1 Å². The number of aromatic nitrogens is 2. The first-order valence-electron chi connectivity index (χ1n) is 6.62.